The van der Waals surface area contributed by atoms with Crippen LogP contribution < -0.4 is 0 Å². The standard InChI is InChI=1S/C9H7ClS3/c1-12-7-4-6-5(2-3-13-6)9(11)8(7)10/h2-4,11H,1H3. The van der Waals surface area contributed by atoms with E-state index in [-0.39, 0.29) is 0 Å². The summed E-state index contributed by atoms with van der Waals surface area (Å²) in [4.78, 5) is 1.99. The maximum atomic E-state index is 6.14. The summed E-state index contributed by atoms with van der Waals surface area (Å²) in [5.74, 6) is 0. The molecule has 0 fully saturated rings. The van der Waals surface area contributed by atoms with Crippen LogP contribution in [0.15, 0.2) is 27.3 Å². The highest BCUT2D eigenvalue weighted by molar-refractivity contribution is 7.98. The summed E-state index contributed by atoms with van der Waals surface area (Å²) >= 11 is 13.9. The lowest BCUT2D eigenvalue weighted by Gasteiger charge is -2.04. The van der Waals surface area contributed by atoms with Crippen molar-refractivity contribution in [1.29, 1.82) is 0 Å². The monoisotopic (exact) mass is 246 g/mol. The van der Waals surface area contributed by atoms with Crippen molar-refractivity contribution in [3.8, 4) is 0 Å². The molecule has 1 heterocycles. The summed E-state index contributed by atoms with van der Waals surface area (Å²) in [6.45, 7) is 0. The molecule has 0 radical (unpaired) electrons. The van der Waals surface area contributed by atoms with Gasteiger partial charge in [-0.15, -0.1) is 35.7 Å². The molecule has 0 N–H and O–H groups in total. The van der Waals surface area contributed by atoms with Gasteiger partial charge in [-0.25, -0.2) is 0 Å². The number of thiol groups is 1. The Kier molecular flexibility index (Phi) is 2.79. The van der Waals surface area contributed by atoms with E-state index >= 15 is 0 Å². The van der Waals surface area contributed by atoms with Crippen molar-refractivity contribution in [2.45, 2.75) is 9.79 Å². The maximum absolute atomic E-state index is 6.14. The fourth-order valence-corrected chi connectivity index (χ4v) is 3.47. The van der Waals surface area contributed by atoms with E-state index in [0.29, 0.717) is 0 Å². The van der Waals surface area contributed by atoms with Crippen molar-refractivity contribution in [3.05, 3.63) is 22.5 Å². The lowest BCUT2D eigenvalue weighted by Crippen LogP contribution is -1.76. The highest BCUT2D eigenvalue weighted by Crippen LogP contribution is 2.38. The van der Waals surface area contributed by atoms with E-state index in [1.165, 1.54) is 4.70 Å². The molecule has 0 nitrogen and oxygen atoms in total. The molecule has 2 aromatic rings. The van der Waals surface area contributed by atoms with Gasteiger partial charge in [0.05, 0.1) is 5.02 Å². The van der Waals surface area contributed by atoms with Crippen LogP contribution in [0.3, 0.4) is 0 Å². The first-order valence-corrected chi connectivity index (χ1v) is 6.59. The first-order valence-electron chi connectivity index (χ1n) is 3.66. The molecule has 0 bridgehead atoms. The summed E-state index contributed by atoms with van der Waals surface area (Å²) in [6, 6.07) is 4.17. The number of halogens is 1. The van der Waals surface area contributed by atoms with Crippen LogP contribution in [0.2, 0.25) is 5.02 Å². The molecule has 0 saturated carbocycles. The van der Waals surface area contributed by atoms with Gasteiger partial charge in [0, 0.05) is 19.9 Å². The minimum absolute atomic E-state index is 0.765. The Morgan fingerprint density at radius 3 is 3.00 bits per heavy atom. The summed E-state index contributed by atoms with van der Waals surface area (Å²) in [5, 5.41) is 3.98. The molecule has 0 aliphatic heterocycles. The van der Waals surface area contributed by atoms with Gasteiger partial charge in [-0.1, -0.05) is 11.6 Å². The lowest BCUT2D eigenvalue weighted by molar-refractivity contribution is 1.42. The van der Waals surface area contributed by atoms with Crippen LogP contribution in [-0.4, -0.2) is 6.26 Å². The molecule has 0 atom stereocenters. The SMILES string of the molecule is CSc1cc2sccc2c(S)c1Cl. The van der Waals surface area contributed by atoms with Crippen LogP contribution in [0.5, 0.6) is 0 Å². The Labute approximate surface area is 95.7 Å². The molecule has 0 spiro atoms. The van der Waals surface area contributed by atoms with Gasteiger partial charge in [0.25, 0.3) is 0 Å². The minimum Gasteiger partial charge on any atom is -0.144 e. The smallest absolute Gasteiger partial charge is 0.0682 e. The number of thiophene rings is 1. The highest BCUT2D eigenvalue weighted by atomic mass is 35.5. The first kappa shape index (κ1) is 9.71. The molecule has 0 aliphatic carbocycles. The predicted octanol–water partition coefficient (Wildman–Crippen LogP) is 4.57. The minimum atomic E-state index is 0.765. The molecule has 1 aromatic carbocycles. The average Bonchev–Trinajstić information content (AvgIpc) is 2.59. The van der Waals surface area contributed by atoms with Crippen molar-refractivity contribution in [2.75, 3.05) is 6.26 Å². The topological polar surface area (TPSA) is 0 Å². The van der Waals surface area contributed by atoms with E-state index in [1.807, 2.05) is 6.26 Å². The number of fused-ring (bicyclic) bond motifs is 1. The van der Waals surface area contributed by atoms with Gasteiger partial charge < -0.3 is 0 Å². The zero-order valence-electron chi connectivity index (χ0n) is 6.87. The molecule has 68 valence electrons. The molecular weight excluding hydrogens is 240 g/mol. The fraction of sp³-hybridized carbons (Fsp3) is 0.111. The third-order valence-corrected chi connectivity index (χ3v) is 4.58. The Bertz CT molecular complexity index is 447. The molecule has 0 unspecified atom stereocenters. The van der Waals surface area contributed by atoms with Crippen molar-refractivity contribution >= 4 is 57.4 Å². The lowest BCUT2D eigenvalue weighted by atomic mass is 10.2. The Balaban J connectivity index is 2.83. The van der Waals surface area contributed by atoms with Crippen molar-refractivity contribution in [1.82, 2.24) is 0 Å². The average molecular weight is 247 g/mol. The van der Waals surface area contributed by atoms with Crippen LogP contribution in [0.1, 0.15) is 0 Å². The van der Waals surface area contributed by atoms with Gasteiger partial charge in [0.15, 0.2) is 0 Å². The largest absolute Gasteiger partial charge is 0.144 e. The van der Waals surface area contributed by atoms with Gasteiger partial charge in [0.1, 0.15) is 0 Å². The van der Waals surface area contributed by atoms with Crippen molar-refractivity contribution in [2.24, 2.45) is 0 Å². The van der Waals surface area contributed by atoms with Crippen molar-refractivity contribution in [3.63, 3.8) is 0 Å². The van der Waals surface area contributed by atoms with Gasteiger partial charge in [-0.2, -0.15) is 0 Å². The summed E-state index contributed by atoms with van der Waals surface area (Å²) in [7, 11) is 0. The van der Waals surface area contributed by atoms with Gasteiger partial charge >= 0.3 is 0 Å². The van der Waals surface area contributed by atoms with Gasteiger partial charge in [0.2, 0.25) is 0 Å². The predicted molar refractivity (Wildman–Crippen MR) is 65.9 cm³/mol. The molecule has 1 aromatic heterocycles. The van der Waals surface area contributed by atoms with Crippen LogP contribution in [0, 0.1) is 0 Å². The van der Waals surface area contributed by atoms with E-state index < -0.39 is 0 Å². The molecule has 4 heteroatoms. The Morgan fingerprint density at radius 2 is 2.31 bits per heavy atom. The highest BCUT2D eigenvalue weighted by Gasteiger charge is 2.08. The van der Waals surface area contributed by atoms with E-state index in [9.17, 15) is 0 Å². The van der Waals surface area contributed by atoms with E-state index in [4.69, 9.17) is 11.6 Å². The molecule has 0 saturated heterocycles. The van der Waals surface area contributed by atoms with Crippen LogP contribution in [0.4, 0.5) is 0 Å². The fourth-order valence-electron chi connectivity index (χ4n) is 1.19. The molecule has 0 aliphatic rings. The summed E-state index contributed by atoms with van der Waals surface area (Å²) in [5.41, 5.74) is 0. The van der Waals surface area contributed by atoms with Crippen LogP contribution in [0.25, 0.3) is 10.1 Å². The summed E-state index contributed by atoms with van der Waals surface area (Å²) < 4.78 is 1.25. The second kappa shape index (κ2) is 3.73. The third kappa shape index (κ3) is 1.59. The van der Waals surface area contributed by atoms with Crippen LogP contribution in [-0.2, 0) is 0 Å². The number of rotatable bonds is 1. The molecule has 2 rings (SSSR count). The molecular formula is C9H7ClS3. The van der Waals surface area contributed by atoms with Crippen molar-refractivity contribution < 1.29 is 0 Å². The van der Waals surface area contributed by atoms with Crippen LogP contribution >= 0.6 is 47.3 Å². The van der Waals surface area contributed by atoms with E-state index in [0.717, 1.165) is 20.2 Å². The van der Waals surface area contributed by atoms with E-state index in [1.54, 1.807) is 23.1 Å². The number of benzene rings is 1. The first-order chi connectivity index (χ1) is 6.24. The number of hydrogen-bond donors (Lipinski definition) is 1. The number of hydrogen-bond acceptors (Lipinski definition) is 3. The second-order valence-electron chi connectivity index (χ2n) is 2.57. The summed E-state index contributed by atoms with van der Waals surface area (Å²) in [6.07, 6.45) is 2.02. The van der Waals surface area contributed by atoms with Gasteiger partial charge in [-0.3, -0.25) is 0 Å². The van der Waals surface area contributed by atoms with Gasteiger partial charge in [-0.05, 0) is 23.8 Å². The molecule has 13 heavy (non-hydrogen) atoms. The quantitative estimate of drug-likeness (QED) is 0.568. The third-order valence-electron chi connectivity index (χ3n) is 1.86. The Morgan fingerprint density at radius 1 is 1.54 bits per heavy atom. The van der Waals surface area contributed by atoms with E-state index in [2.05, 4.69) is 30.1 Å². The Hall–Kier alpha value is 0.170. The number of thioether (sulfide) groups is 1. The zero-order chi connectivity index (χ0) is 9.42. The molecule has 0 amide bonds. The maximum Gasteiger partial charge on any atom is 0.0682 e. The zero-order valence-corrected chi connectivity index (χ0v) is 10.2. The normalized spacial score (nSPS) is 11.0. The second-order valence-corrected chi connectivity index (χ2v) is 5.19.